The van der Waals surface area contributed by atoms with Gasteiger partial charge in [0.05, 0.1) is 5.69 Å². The molecular weight excluding hydrogens is 282 g/mol. The lowest BCUT2D eigenvalue weighted by atomic mass is 10.1. The predicted molar refractivity (Wildman–Crippen MR) is 82.6 cm³/mol. The van der Waals surface area contributed by atoms with E-state index in [-0.39, 0.29) is 30.9 Å². The van der Waals surface area contributed by atoms with Crippen molar-refractivity contribution in [3.05, 3.63) is 24.3 Å². The van der Waals surface area contributed by atoms with Crippen LogP contribution in [-0.2, 0) is 9.59 Å². The molecule has 6 nitrogen and oxygen atoms in total. The van der Waals surface area contributed by atoms with Crippen LogP contribution in [0.25, 0.3) is 0 Å². The number of rotatable bonds is 6. The number of fused-ring (bicyclic) bond motifs is 1. The van der Waals surface area contributed by atoms with Crippen molar-refractivity contribution < 1.29 is 14.3 Å². The molecule has 1 atom stereocenters. The van der Waals surface area contributed by atoms with E-state index in [1.807, 2.05) is 24.3 Å². The molecule has 22 heavy (non-hydrogen) atoms. The molecule has 1 aliphatic heterocycles. The molecule has 0 saturated heterocycles. The first-order chi connectivity index (χ1) is 10.7. The normalized spacial score (nSPS) is 18.4. The van der Waals surface area contributed by atoms with E-state index in [0.717, 1.165) is 18.5 Å². The fourth-order valence-electron chi connectivity index (χ4n) is 2.76. The number of carbonyl (C=O) groups excluding carboxylic acids is 2. The zero-order valence-electron chi connectivity index (χ0n) is 12.5. The van der Waals surface area contributed by atoms with E-state index in [1.54, 1.807) is 4.90 Å². The lowest BCUT2D eigenvalue weighted by Crippen LogP contribution is -2.44. The molecule has 118 valence electrons. The summed E-state index contributed by atoms with van der Waals surface area (Å²) < 4.78 is 5.39. The molecule has 0 aromatic heterocycles. The Balaban J connectivity index is 1.58. The number of nitrogens with one attached hydrogen (secondary N) is 1. The van der Waals surface area contributed by atoms with Crippen molar-refractivity contribution in [1.82, 2.24) is 5.32 Å². The molecule has 1 aromatic rings. The second kappa shape index (κ2) is 6.36. The predicted octanol–water partition coefficient (Wildman–Crippen LogP) is 0.656. The number of anilines is 1. The number of hydrogen-bond acceptors (Lipinski definition) is 4. The molecule has 1 saturated carbocycles. The Morgan fingerprint density at radius 3 is 2.91 bits per heavy atom. The highest BCUT2D eigenvalue weighted by Crippen LogP contribution is 2.33. The van der Waals surface area contributed by atoms with Gasteiger partial charge < -0.3 is 20.7 Å². The monoisotopic (exact) mass is 303 g/mol. The number of benzene rings is 1. The van der Waals surface area contributed by atoms with Gasteiger partial charge in [0.2, 0.25) is 5.91 Å². The Kier molecular flexibility index (Phi) is 4.29. The van der Waals surface area contributed by atoms with Crippen LogP contribution < -0.4 is 20.7 Å². The van der Waals surface area contributed by atoms with Crippen LogP contribution in [0.15, 0.2) is 24.3 Å². The van der Waals surface area contributed by atoms with Crippen LogP contribution in [0.1, 0.15) is 19.3 Å². The Morgan fingerprint density at radius 2 is 2.18 bits per heavy atom. The van der Waals surface area contributed by atoms with Gasteiger partial charge in [0, 0.05) is 25.6 Å². The van der Waals surface area contributed by atoms with Gasteiger partial charge in [0.15, 0.2) is 6.61 Å². The van der Waals surface area contributed by atoms with Crippen molar-refractivity contribution >= 4 is 17.5 Å². The fraction of sp³-hybridized carbons (Fsp3) is 0.500. The SMILES string of the molecule is NCC(NC(=O)CCN1C(=O)COc2ccccc21)C1CC1. The molecule has 0 bridgehead atoms. The smallest absolute Gasteiger partial charge is 0.265 e. The molecule has 1 aromatic carbocycles. The van der Waals surface area contributed by atoms with Crippen LogP contribution in [0.3, 0.4) is 0 Å². The Bertz CT molecular complexity index is 572. The van der Waals surface area contributed by atoms with Gasteiger partial charge in [-0.1, -0.05) is 12.1 Å². The topological polar surface area (TPSA) is 84.7 Å². The van der Waals surface area contributed by atoms with E-state index in [0.29, 0.717) is 24.8 Å². The molecule has 0 spiro atoms. The molecule has 0 radical (unpaired) electrons. The summed E-state index contributed by atoms with van der Waals surface area (Å²) >= 11 is 0. The minimum atomic E-state index is -0.121. The highest BCUT2D eigenvalue weighted by Gasteiger charge is 2.31. The van der Waals surface area contributed by atoms with Crippen LogP contribution >= 0.6 is 0 Å². The summed E-state index contributed by atoms with van der Waals surface area (Å²) in [5.41, 5.74) is 6.42. The zero-order chi connectivity index (χ0) is 15.5. The largest absolute Gasteiger partial charge is 0.482 e. The van der Waals surface area contributed by atoms with E-state index in [2.05, 4.69) is 5.32 Å². The van der Waals surface area contributed by atoms with Crippen molar-refractivity contribution in [3.63, 3.8) is 0 Å². The zero-order valence-corrected chi connectivity index (χ0v) is 12.5. The van der Waals surface area contributed by atoms with Gasteiger partial charge in [-0.2, -0.15) is 0 Å². The van der Waals surface area contributed by atoms with E-state index in [1.165, 1.54) is 0 Å². The minimum Gasteiger partial charge on any atom is -0.482 e. The van der Waals surface area contributed by atoms with Crippen molar-refractivity contribution in [1.29, 1.82) is 0 Å². The molecule has 1 heterocycles. The van der Waals surface area contributed by atoms with Crippen molar-refractivity contribution in [2.75, 3.05) is 24.6 Å². The summed E-state index contributed by atoms with van der Waals surface area (Å²) in [7, 11) is 0. The Labute approximate surface area is 129 Å². The van der Waals surface area contributed by atoms with Crippen LogP contribution in [0.2, 0.25) is 0 Å². The van der Waals surface area contributed by atoms with Gasteiger partial charge in [0.25, 0.3) is 5.91 Å². The average molecular weight is 303 g/mol. The quantitative estimate of drug-likeness (QED) is 0.808. The molecule has 2 amide bonds. The van der Waals surface area contributed by atoms with Crippen LogP contribution in [0.5, 0.6) is 5.75 Å². The number of para-hydroxylation sites is 2. The maximum atomic E-state index is 12.1. The molecule has 3 rings (SSSR count). The number of amides is 2. The van der Waals surface area contributed by atoms with E-state index in [9.17, 15) is 9.59 Å². The third-order valence-electron chi connectivity index (χ3n) is 4.16. The lowest BCUT2D eigenvalue weighted by molar-refractivity contribution is -0.122. The van der Waals surface area contributed by atoms with E-state index in [4.69, 9.17) is 10.5 Å². The van der Waals surface area contributed by atoms with Crippen LogP contribution in [0.4, 0.5) is 5.69 Å². The standard InChI is InChI=1S/C16H21N3O3/c17-9-12(11-5-6-11)18-15(20)7-8-19-13-3-1-2-4-14(13)22-10-16(19)21/h1-4,11-12H,5-10,17H2,(H,18,20). The van der Waals surface area contributed by atoms with Gasteiger partial charge in [0.1, 0.15) is 5.75 Å². The lowest BCUT2D eigenvalue weighted by Gasteiger charge is -2.29. The number of ether oxygens (including phenoxy) is 1. The van der Waals surface area contributed by atoms with Gasteiger partial charge in [-0.05, 0) is 30.9 Å². The summed E-state index contributed by atoms with van der Waals surface area (Å²) in [4.78, 5) is 25.7. The molecule has 1 aliphatic carbocycles. The van der Waals surface area contributed by atoms with Gasteiger partial charge in [-0.15, -0.1) is 0 Å². The number of carbonyl (C=O) groups is 2. The number of nitrogens with two attached hydrogens (primary N) is 1. The maximum Gasteiger partial charge on any atom is 0.265 e. The first kappa shape index (κ1) is 14.8. The summed E-state index contributed by atoms with van der Waals surface area (Å²) in [5, 5.41) is 2.97. The first-order valence-electron chi connectivity index (χ1n) is 7.70. The van der Waals surface area contributed by atoms with Crippen LogP contribution in [0, 0.1) is 5.92 Å². The van der Waals surface area contributed by atoms with Crippen molar-refractivity contribution in [3.8, 4) is 5.75 Å². The van der Waals surface area contributed by atoms with Crippen molar-refractivity contribution in [2.45, 2.75) is 25.3 Å². The molecule has 3 N–H and O–H groups in total. The molecule has 1 fully saturated rings. The molecule has 1 unspecified atom stereocenters. The maximum absolute atomic E-state index is 12.1. The summed E-state index contributed by atoms with van der Waals surface area (Å²) in [6.07, 6.45) is 2.54. The highest BCUT2D eigenvalue weighted by molar-refractivity contribution is 5.98. The van der Waals surface area contributed by atoms with Gasteiger partial charge in [-0.3, -0.25) is 9.59 Å². The Hall–Kier alpha value is -2.08. The molecule has 2 aliphatic rings. The summed E-state index contributed by atoms with van der Waals surface area (Å²) in [6.45, 7) is 0.842. The third-order valence-corrected chi connectivity index (χ3v) is 4.16. The number of hydrogen-bond donors (Lipinski definition) is 2. The highest BCUT2D eigenvalue weighted by atomic mass is 16.5. The van der Waals surface area contributed by atoms with Crippen molar-refractivity contribution in [2.24, 2.45) is 11.7 Å². The Morgan fingerprint density at radius 1 is 1.41 bits per heavy atom. The average Bonchev–Trinajstić information content (AvgIpc) is 3.36. The minimum absolute atomic E-state index is 0.0200. The van der Waals surface area contributed by atoms with E-state index < -0.39 is 0 Å². The second-order valence-electron chi connectivity index (χ2n) is 5.80. The summed E-state index contributed by atoms with van der Waals surface area (Å²) in [6, 6.07) is 7.44. The van der Waals surface area contributed by atoms with E-state index >= 15 is 0 Å². The third kappa shape index (κ3) is 3.22. The van der Waals surface area contributed by atoms with Crippen LogP contribution in [-0.4, -0.2) is 37.6 Å². The number of nitrogens with zero attached hydrogens (tertiary/aromatic N) is 1. The fourth-order valence-corrected chi connectivity index (χ4v) is 2.76. The van der Waals surface area contributed by atoms with Gasteiger partial charge >= 0.3 is 0 Å². The second-order valence-corrected chi connectivity index (χ2v) is 5.80. The molecule has 6 heteroatoms. The first-order valence-corrected chi connectivity index (χ1v) is 7.70. The molecular formula is C16H21N3O3. The van der Waals surface area contributed by atoms with Gasteiger partial charge in [-0.25, -0.2) is 0 Å². The summed E-state index contributed by atoms with van der Waals surface area (Å²) in [5.74, 6) is 1.03.